The molecule has 0 atom stereocenters. The fraction of sp³-hybridized carbons (Fsp3) is 0.944. The molecule has 2 saturated heterocycles. The molecule has 3 aliphatic rings. The van der Waals surface area contributed by atoms with Crippen molar-refractivity contribution >= 4 is 5.91 Å². The van der Waals surface area contributed by atoms with E-state index in [1.807, 2.05) is 0 Å². The minimum atomic E-state index is 0.341. The minimum absolute atomic E-state index is 0.341. The predicted octanol–water partition coefficient (Wildman–Crippen LogP) is 2.19. The Morgan fingerprint density at radius 2 is 1.64 bits per heavy atom. The molecule has 0 spiro atoms. The second kappa shape index (κ2) is 7.31. The maximum absolute atomic E-state index is 12.6. The Kier molecular flexibility index (Phi) is 5.40. The normalized spacial score (nSPS) is 26.4. The quantitative estimate of drug-likeness (QED) is 0.796. The van der Waals surface area contributed by atoms with Crippen molar-refractivity contribution in [2.75, 3.05) is 39.8 Å². The second-order valence-electron chi connectivity index (χ2n) is 7.60. The van der Waals surface area contributed by atoms with Crippen LogP contribution in [0.15, 0.2) is 0 Å². The predicted molar refractivity (Wildman–Crippen MR) is 89.8 cm³/mol. The van der Waals surface area contributed by atoms with Crippen LogP contribution >= 0.6 is 0 Å². The van der Waals surface area contributed by atoms with E-state index < -0.39 is 0 Å². The first-order valence-corrected chi connectivity index (χ1v) is 9.42. The summed E-state index contributed by atoms with van der Waals surface area (Å²) in [4.78, 5) is 19.8. The maximum Gasteiger partial charge on any atom is 0.225 e. The van der Waals surface area contributed by atoms with Crippen molar-refractivity contribution in [2.24, 2.45) is 5.92 Å². The third-order valence-corrected chi connectivity index (χ3v) is 6.12. The van der Waals surface area contributed by atoms with Crippen LogP contribution in [0.1, 0.15) is 51.9 Å². The fourth-order valence-corrected chi connectivity index (χ4v) is 4.59. The Morgan fingerprint density at radius 1 is 1.00 bits per heavy atom. The van der Waals surface area contributed by atoms with Crippen molar-refractivity contribution < 1.29 is 4.79 Å². The zero-order chi connectivity index (χ0) is 15.5. The van der Waals surface area contributed by atoms with E-state index in [1.54, 1.807) is 0 Å². The average molecular weight is 307 g/mol. The van der Waals surface area contributed by atoms with Gasteiger partial charge in [0.2, 0.25) is 5.91 Å². The Balaban J connectivity index is 1.47. The van der Waals surface area contributed by atoms with Crippen LogP contribution in [0.3, 0.4) is 0 Å². The first-order valence-electron chi connectivity index (χ1n) is 9.42. The van der Waals surface area contributed by atoms with Crippen LogP contribution in [-0.2, 0) is 4.79 Å². The third-order valence-electron chi connectivity index (χ3n) is 6.12. The Bertz CT molecular complexity index is 367. The lowest BCUT2D eigenvalue weighted by Gasteiger charge is -2.50. The van der Waals surface area contributed by atoms with E-state index in [-0.39, 0.29) is 0 Å². The van der Waals surface area contributed by atoms with Crippen molar-refractivity contribution in [1.82, 2.24) is 14.7 Å². The maximum atomic E-state index is 12.6. The molecule has 2 aliphatic heterocycles. The molecule has 0 aromatic carbocycles. The van der Waals surface area contributed by atoms with Gasteiger partial charge in [-0.2, -0.15) is 0 Å². The van der Waals surface area contributed by atoms with Crippen LogP contribution in [0.25, 0.3) is 0 Å². The average Bonchev–Trinajstić information content (AvgIpc) is 2.52. The lowest BCUT2D eigenvalue weighted by Crippen LogP contribution is -2.64. The van der Waals surface area contributed by atoms with Gasteiger partial charge >= 0.3 is 0 Å². The Morgan fingerprint density at radius 3 is 2.23 bits per heavy atom. The van der Waals surface area contributed by atoms with Crippen LogP contribution in [0, 0.1) is 5.92 Å². The number of likely N-dealkylation sites (N-methyl/N-ethyl adjacent to an activating group) is 1. The van der Waals surface area contributed by atoms with Crippen molar-refractivity contribution in [3.63, 3.8) is 0 Å². The summed E-state index contributed by atoms with van der Waals surface area (Å²) in [5.74, 6) is 0.795. The molecule has 4 nitrogen and oxygen atoms in total. The number of hydrogen-bond acceptors (Lipinski definition) is 3. The molecule has 1 aliphatic carbocycles. The number of hydrogen-bond donors (Lipinski definition) is 0. The van der Waals surface area contributed by atoms with Gasteiger partial charge in [-0.3, -0.25) is 9.69 Å². The molecule has 1 amide bonds. The van der Waals surface area contributed by atoms with Gasteiger partial charge in [-0.1, -0.05) is 26.2 Å². The smallest absolute Gasteiger partial charge is 0.225 e. The zero-order valence-corrected chi connectivity index (χ0v) is 14.5. The SMILES string of the molecule is CCN(C1CCN(C)CC1)C1CN(C(=O)C2CCCCC2)C1. The summed E-state index contributed by atoms with van der Waals surface area (Å²) in [7, 11) is 2.22. The highest BCUT2D eigenvalue weighted by molar-refractivity contribution is 5.79. The van der Waals surface area contributed by atoms with Crippen molar-refractivity contribution in [3.05, 3.63) is 0 Å². The standard InChI is InChI=1S/C18H33N3O/c1-3-21(16-9-11-19(2)12-10-16)17-13-20(14-17)18(22)15-7-5-4-6-8-15/h15-17H,3-14H2,1-2H3. The first-order chi connectivity index (χ1) is 10.7. The van der Waals surface area contributed by atoms with Gasteiger partial charge in [0, 0.05) is 31.1 Å². The van der Waals surface area contributed by atoms with E-state index in [0.29, 0.717) is 17.9 Å². The largest absolute Gasteiger partial charge is 0.339 e. The molecule has 0 bridgehead atoms. The number of likely N-dealkylation sites (tertiary alicyclic amines) is 2. The minimum Gasteiger partial charge on any atom is -0.339 e. The number of carbonyl (C=O) groups excluding carboxylic acids is 1. The van der Waals surface area contributed by atoms with Crippen molar-refractivity contribution in [1.29, 1.82) is 0 Å². The van der Waals surface area contributed by atoms with E-state index in [0.717, 1.165) is 38.5 Å². The van der Waals surface area contributed by atoms with Gasteiger partial charge in [0.15, 0.2) is 0 Å². The van der Waals surface area contributed by atoms with Crippen LogP contribution in [0.5, 0.6) is 0 Å². The van der Waals surface area contributed by atoms with Crippen molar-refractivity contribution in [2.45, 2.75) is 64.0 Å². The van der Waals surface area contributed by atoms with Gasteiger partial charge in [-0.15, -0.1) is 0 Å². The molecule has 0 N–H and O–H groups in total. The highest BCUT2D eigenvalue weighted by atomic mass is 16.2. The molecule has 3 fully saturated rings. The zero-order valence-electron chi connectivity index (χ0n) is 14.5. The third kappa shape index (κ3) is 3.48. The van der Waals surface area contributed by atoms with Crippen molar-refractivity contribution in [3.8, 4) is 0 Å². The lowest BCUT2D eigenvalue weighted by atomic mass is 9.87. The summed E-state index contributed by atoms with van der Waals surface area (Å²) in [5.41, 5.74) is 0. The summed E-state index contributed by atoms with van der Waals surface area (Å²) < 4.78 is 0. The Hall–Kier alpha value is -0.610. The molecule has 3 rings (SSSR count). The van der Waals surface area contributed by atoms with E-state index in [1.165, 1.54) is 45.2 Å². The number of nitrogens with zero attached hydrogens (tertiary/aromatic N) is 3. The van der Waals surface area contributed by atoms with Gasteiger partial charge in [-0.25, -0.2) is 0 Å². The summed E-state index contributed by atoms with van der Waals surface area (Å²) in [6, 6.07) is 1.35. The fourth-order valence-electron chi connectivity index (χ4n) is 4.59. The molecule has 2 heterocycles. The Labute approximate surface area is 135 Å². The van der Waals surface area contributed by atoms with Crippen LogP contribution in [0.4, 0.5) is 0 Å². The van der Waals surface area contributed by atoms with E-state index in [9.17, 15) is 4.79 Å². The highest BCUT2D eigenvalue weighted by Gasteiger charge is 2.39. The van der Waals surface area contributed by atoms with Crippen LogP contribution < -0.4 is 0 Å². The first kappa shape index (κ1) is 16.3. The molecule has 126 valence electrons. The van der Waals surface area contributed by atoms with Gasteiger partial charge in [0.25, 0.3) is 0 Å². The molecule has 0 aromatic heterocycles. The number of rotatable bonds is 4. The molecular weight excluding hydrogens is 274 g/mol. The van der Waals surface area contributed by atoms with Gasteiger partial charge in [-0.05, 0) is 52.4 Å². The molecule has 0 radical (unpaired) electrons. The van der Waals surface area contributed by atoms with Gasteiger partial charge in [0.05, 0.1) is 0 Å². The summed E-state index contributed by atoms with van der Waals surface area (Å²) >= 11 is 0. The monoisotopic (exact) mass is 307 g/mol. The van der Waals surface area contributed by atoms with E-state index in [2.05, 4.69) is 28.7 Å². The molecule has 22 heavy (non-hydrogen) atoms. The van der Waals surface area contributed by atoms with E-state index in [4.69, 9.17) is 0 Å². The number of piperidine rings is 1. The van der Waals surface area contributed by atoms with Gasteiger partial charge in [0.1, 0.15) is 0 Å². The number of amides is 1. The molecule has 0 aromatic rings. The topological polar surface area (TPSA) is 26.8 Å². The van der Waals surface area contributed by atoms with Crippen LogP contribution in [-0.4, -0.2) is 72.5 Å². The number of carbonyl (C=O) groups is 1. The molecule has 4 heteroatoms. The van der Waals surface area contributed by atoms with E-state index >= 15 is 0 Å². The lowest BCUT2D eigenvalue weighted by molar-refractivity contribution is -0.145. The van der Waals surface area contributed by atoms with Crippen LogP contribution in [0.2, 0.25) is 0 Å². The van der Waals surface area contributed by atoms with Gasteiger partial charge < -0.3 is 9.80 Å². The molecule has 0 unspecified atom stereocenters. The highest BCUT2D eigenvalue weighted by Crippen LogP contribution is 2.29. The molecular formula is C18H33N3O. The summed E-state index contributed by atoms with van der Waals surface area (Å²) in [6.45, 7) is 7.82. The molecule has 1 saturated carbocycles. The summed E-state index contributed by atoms with van der Waals surface area (Å²) in [5, 5.41) is 0. The summed E-state index contributed by atoms with van der Waals surface area (Å²) in [6.07, 6.45) is 8.68. The second-order valence-corrected chi connectivity index (χ2v) is 7.60.